The Morgan fingerprint density at radius 2 is 0.478 bits per heavy atom. The zero-order valence-electron chi connectivity index (χ0n) is 37.9. The molecule has 0 fully saturated rings. The molecule has 3 heteroatoms. The topological polar surface area (TPSA) is 38.9 Å². The first-order chi connectivity index (χ1) is 34.2. The minimum atomic E-state index is 0.474. The van der Waals surface area contributed by atoms with E-state index in [1.807, 2.05) is 30.3 Å². The van der Waals surface area contributed by atoms with Crippen molar-refractivity contribution in [3.8, 4) is 45.2 Å². The van der Waals surface area contributed by atoms with Crippen LogP contribution >= 0.6 is 0 Å². The number of rotatable bonds is 12. The Morgan fingerprint density at radius 1 is 0.217 bits per heavy atom. The molecule has 0 aliphatic carbocycles. The zero-order valence-corrected chi connectivity index (χ0v) is 37.9. The van der Waals surface area contributed by atoms with Crippen LogP contribution in [0.5, 0.6) is 0 Å². The van der Waals surface area contributed by atoms with Crippen molar-refractivity contribution in [1.29, 1.82) is 0 Å². The van der Waals surface area contributed by atoms with Gasteiger partial charge in [0.15, 0.2) is 0 Å². The van der Waals surface area contributed by atoms with Gasteiger partial charge in [-0.3, -0.25) is 0 Å². The van der Waals surface area contributed by atoms with Gasteiger partial charge in [-0.1, -0.05) is 249 Å². The van der Waals surface area contributed by atoms with E-state index in [4.69, 9.17) is 4.42 Å². The molecule has 11 rings (SSSR count). The number of hydrogen-bond donors (Lipinski definition) is 0. The standard InChI is InChI=1S/C66H46N2O/c1-8-22-49(23-9-1)61(50-24-10-2-11-25-50)63(53-30-16-5-17-31-53)55-40-36-47(37-41-55)59-45-44-58(46-60(59)48-38-42-57(43-39-48)66-68-67-65(69-66)56-34-20-7-21-35-56)64(54-32-18-6-19-33-54)62(51-26-12-3-13-27-51)52-28-14-4-15-29-52/h1-46H. The van der Waals surface area contributed by atoms with E-state index in [9.17, 15) is 0 Å². The van der Waals surface area contributed by atoms with Crippen molar-refractivity contribution in [1.82, 2.24) is 10.2 Å². The molecule has 326 valence electrons. The summed E-state index contributed by atoms with van der Waals surface area (Å²) in [5.74, 6) is 0.966. The second kappa shape index (κ2) is 19.7. The third-order valence-corrected chi connectivity index (χ3v) is 12.6. The normalized spacial score (nSPS) is 10.9. The molecule has 1 aromatic heterocycles. The van der Waals surface area contributed by atoms with Gasteiger partial charge in [-0.15, -0.1) is 10.2 Å². The lowest BCUT2D eigenvalue weighted by atomic mass is 9.83. The maximum atomic E-state index is 6.21. The van der Waals surface area contributed by atoms with Gasteiger partial charge < -0.3 is 4.42 Å². The van der Waals surface area contributed by atoms with Crippen molar-refractivity contribution >= 4 is 22.3 Å². The largest absolute Gasteiger partial charge is 0.416 e. The second-order valence-electron chi connectivity index (χ2n) is 16.9. The van der Waals surface area contributed by atoms with Gasteiger partial charge in [0.1, 0.15) is 0 Å². The zero-order chi connectivity index (χ0) is 46.2. The fourth-order valence-corrected chi connectivity index (χ4v) is 9.29. The first kappa shape index (κ1) is 42.5. The molecule has 0 bridgehead atoms. The number of aromatic nitrogens is 2. The van der Waals surface area contributed by atoms with Crippen molar-refractivity contribution in [2.75, 3.05) is 0 Å². The van der Waals surface area contributed by atoms with Gasteiger partial charge in [0.25, 0.3) is 0 Å². The highest BCUT2D eigenvalue weighted by atomic mass is 16.4. The summed E-state index contributed by atoms with van der Waals surface area (Å²) in [6, 6.07) is 98.9. The Balaban J connectivity index is 1.10. The smallest absolute Gasteiger partial charge is 0.248 e. The number of nitrogens with zero attached hydrogens (tertiary/aromatic N) is 2. The highest BCUT2D eigenvalue weighted by Crippen LogP contribution is 2.43. The third-order valence-electron chi connectivity index (χ3n) is 12.6. The first-order valence-electron chi connectivity index (χ1n) is 23.3. The minimum Gasteiger partial charge on any atom is -0.416 e. The van der Waals surface area contributed by atoms with Crippen LogP contribution in [0.15, 0.2) is 283 Å². The summed E-state index contributed by atoms with van der Waals surface area (Å²) in [7, 11) is 0. The molecule has 0 aliphatic rings. The van der Waals surface area contributed by atoms with Gasteiger partial charge in [0.2, 0.25) is 11.8 Å². The van der Waals surface area contributed by atoms with Gasteiger partial charge in [0.05, 0.1) is 0 Å². The fourth-order valence-electron chi connectivity index (χ4n) is 9.29. The molecule has 0 spiro atoms. The molecule has 0 radical (unpaired) electrons. The molecule has 0 saturated heterocycles. The van der Waals surface area contributed by atoms with Crippen molar-refractivity contribution in [2.45, 2.75) is 0 Å². The lowest BCUT2D eigenvalue weighted by Crippen LogP contribution is -1.99. The molecule has 10 aromatic carbocycles. The summed E-state index contributed by atoms with van der Waals surface area (Å²) in [5, 5.41) is 8.83. The van der Waals surface area contributed by atoms with Gasteiger partial charge in [-0.05, 0) is 119 Å². The Kier molecular flexibility index (Phi) is 12.1. The molecular formula is C66H46N2O. The number of benzene rings is 10. The van der Waals surface area contributed by atoms with Crippen LogP contribution in [0.4, 0.5) is 0 Å². The lowest BCUT2D eigenvalue weighted by molar-refractivity contribution is 0.584. The average molecular weight is 883 g/mol. The van der Waals surface area contributed by atoms with Crippen molar-refractivity contribution in [3.05, 3.63) is 324 Å². The Hall–Kier alpha value is -9.18. The Morgan fingerprint density at radius 3 is 0.855 bits per heavy atom. The summed E-state index contributed by atoms with van der Waals surface area (Å²) < 4.78 is 6.21. The van der Waals surface area contributed by atoms with Crippen molar-refractivity contribution in [3.63, 3.8) is 0 Å². The maximum Gasteiger partial charge on any atom is 0.248 e. The minimum absolute atomic E-state index is 0.474. The third kappa shape index (κ3) is 9.05. The van der Waals surface area contributed by atoms with E-state index in [0.29, 0.717) is 11.8 Å². The SMILES string of the molecule is c1ccc(C(=C(c2ccccc2)c2ccc(-c3ccc(C(=C(c4ccccc4)c4ccccc4)c4ccccc4)cc3-c3ccc(-c4nnc(-c5ccccc5)o4)cc3)cc2)c2ccccc2)cc1. The molecule has 11 aromatic rings. The molecule has 0 unspecified atom stereocenters. The summed E-state index contributed by atoms with van der Waals surface area (Å²) >= 11 is 0. The van der Waals surface area contributed by atoms with E-state index >= 15 is 0 Å². The monoisotopic (exact) mass is 882 g/mol. The molecule has 0 amide bonds. The molecule has 69 heavy (non-hydrogen) atoms. The van der Waals surface area contributed by atoms with Crippen LogP contribution in [0.3, 0.4) is 0 Å². The van der Waals surface area contributed by atoms with E-state index in [1.165, 1.54) is 16.7 Å². The summed E-state index contributed by atoms with van der Waals surface area (Å²) in [6.45, 7) is 0. The predicted octanol–water partition coefficient (Wildman–Crippen LogP) is 16.8. The quantitative estimate of drug-likeness (QED) is 0.115. The fraction of sp³-hybridized carbons (Fsp3) is 0. The highest BCUT2D eigenvalue weighted by Gasteiger charge is 2.21. The Bertz CT molecular complexity index is 3430. The van der Waals surface area contributed by atoms with E-state index in [1.54, 1.807) is 0 Å². The molecule has 0 saturated carbocycles. The van der Waals surface area contributed by atoms with Gasteiger partial charge >= 0.3 is 0 Å². The van der Waals surface area contributed by atoms with Crippen LogP contribution in [-0.2, 0) is 0 Å². The van der Waals surface area contributed by atoms with Crippen LogP contribution in [0.1, 0.15) is 44.5 Å². The summed E-state index contributed by atoms with van der Waals surface area (Å²) in [5.41, 5.74) is 20.0. The van der Waals surface area contributed by atoms with Gasteiger partial charge in [-0.2, -0.15) is 0 Å². The predicted molar refractivity (Wildman–Crippen MR) is 285 cm³/mol. The second-order valence-corrected chi connectivity index (χ2v) is 16.9. The van der Waals surface area contributed by atoms with E-state index in [2.05, 4.69) is 259 Å². The number of hydrogen-bond acceptors (Lipinski definition) is 3. The van der Waals surface area contributed by atoms with E-state index in [0.717, 1.165) is 83.5 Å². The summed E-state index contributed by atoms with van der Waals surface area (Å²) in [4.78, 5) is 0. The lowest BCUT2D eigenvalue weighted by Gasteiger charge is -2.21. The highest BCUT2D eigenvalue weighted by molar-refractivity contribution is 6.06. The van der Waals surface area contributed by atoms with Crippen LogP contribution in [0, 0.1) is 0 Å². The Labute approximate surface area is 403 Å². The van der Waals surface area contributed by atoms with Crippen molar-refractivity contribution < 1.29 is 4.42 Å². The average Bonchev–Trinajstić information content (AvgIpc) is 3.94. The van der Waals surface area contributed by atoms with Crippen LogP contribution in [-0.4, -0.2) is 10.2 Å². The first-order valence-corrected chi connectivity index (χ1v) is 23.3. The maximum absolute atomic E-state index is 6.21. The molecule has 0 aliphatic heterocycles. The molecule has 0 N–H and O–H groups in total. The molecule has 0 atom stereocenters. The van der Waals surface area contributed by atoms with Crippen molar-refractivity contribution in [2.24, 2.45) is 0 Å². The van der Waals surface area contributed by atoms with E-state index in [-0.39, 0.29) is 0 Å². The van der Waals surface area contributed by atoms with Gasteiger partial charge in [-0.25, -0.2) is 0 Å². The van der Waals surface area contributed by atoms with Crippen LogP contribution in [0.25, 0.3) is 67.5 Å². The van der Waals surface area contributed by atoms with Gasteiger partial charge in [0, 0.05) is 11.1 Å². The van der Waals surface area contributed by atoms with Crippen LogP contribution in [0.2, 0.25) is 0 Å². The van der Waals surface area contributed by atoms with E-state index < -0.39 is 0 Å². The summed E-state index contributed by atoms with van der Waals surface area (Å²) in [6.07, 6.45) is 0. The molecular weight excluding hydrogens is 837 g/mol. The molecule has 3 nitrogen and oxygen atoms in total. The molecule has 1 heterocycles. The van der Waals surface area contributed by atoms with Crippen LogP contribution < -0.4 is 0 Å².